The van der Waals surface area contributed by atoms with Crippen LogP contribution < -0.4 is 10.1 Å². The molecule has 0 atom stereocenters. The van der Waals surface area contributed by atoms with Crippen molar-refractivity contribution in [3.05, 3.63) is 46.2 Å². The Morgan fingerprint density at radius 1 is 1.29 bits per heavy atom. The Morgan fingerprint density at radius 3 is 2.68 bits per heavy atom. The number of amides is 1. The summed E-state index contributed by atoms with van der Waals surface area (Å²) in [6.45, 7) is 5.15. The molecule has 1 amide bonds. The number of nitrogens with zero attached hydrogens (tertiary/aromatic N) is 7. The Morgan fingerprint density at radius 2 is 2.07 bits per heavy atom. The number of nitro groups is 1. The molecule has 0 unspecified atom stereocenters. The molecule has 28 heavy (non-hydrogen) atoms. The molecule has 12 nitrogen and oxygen atoms in total. The number of hydrogen-bond acceptors (Lipinski definition) is 7. The summed E-state index contributed by atoms with van der Waals surface area (Å²) in [6, 6.07) is 0. The van der Waals surface area contributed by atoms with E-state index in [2.05, 4.69) is 20.6 Å². The minimum Gasteiger partial charge on any atom is -0.475 e. The Hall–Kier alpha value is -3.70. The highest BCUT2D eigenvalue weighted by Gasteiger charge is 2.21. The lowest BCUT2D eigenvalue weighted by Crippen LogP contribution is -2.18. The molecule has 1 N–H and O–H groups in total. The second-order valence-electron chi connectivity index (χ2n) is 6.02. The maximum Gasteiger partial charge on any atom is 0.350 e. The average Bonchev–Trinajstić information content (AvgIpc) is 3.35. The van der Waals surface area contributed by atoms with Crippen molar-refractivity contribution in [1.29, 1.82) is 0 Å². The van der Waals surface area contributed by atoms with Crippen molar-refractivity contribution < 1.29 is 14.5 Å². The van der Waals surface area contributed by atoms with Crippen LogP contribution in [-0.2, 0) is 24.4 Å². The highest BCUT2D eigenvalue weighted by Crippen LogP contribution is 2.23. The minimum absolute atomic E-state index is 0.145. The molecule has 3 aromatic rings. The van der Waals surface area contributed by atoms with Gasteiger partial charge in [0.1, 0.15) is 12.7 Å². The Kier molecular flexibility index (Phi) is 5.38. The van der Waals surface area contributed by atoms with Crippen LogP contribution in [0.4, 0.5) is 11.4 Å². The second-order valence-corrected chi connectivity index (χ2v) is 6.02. The van der Waals surface area contributed by atoms with Crippen LogP contribution in [-0.4, -0.2) is 47.3 Å². The van der Waals surface area contributed by atoms with E-state index in [9.17, 15) is 14.9 Å². The summed E-state index contributed by atoms with van der Waals surface area (Å²) >= 11 is 0. The first-order valence-corrected chi connectivity index (χ1v) is 8.50. The number of aromatic nitrogens is 6. The van der Waals surface area contributed by atoms with E-state index < -0.39 is 10.8 Å². The van der Waals surface area contributed by atoms with Gasteiger partial charge in [0.05, 0.1) is 36.7 Å². The van der Waals surface area contributed by atoms with Crippen LogP contribution in [0.15, 0.2) is 24.8 Å². The highest BCUT2D eigenvalue weighted by molar-refractivity contribution is 5.90. The first-order valence-electron chi connectivity index (χ1n) is 8.50. The van der Waals surface area contributed by atoms with E-state index in [1.54, 1.807) is 17.1 Å². The molecule has 0 bridgehead atoms. The summed E-state index contributed by atoms with van der Waals surface area (Å²) in [4.78, 5) is 22.5. The topological polar surface area (TPSA) is 135 Å². The smallest absolute Gasteiger partial charge is 0.350 e. The fourth-order valence-corrected chi connectivity index (χ4v) is 2.74. The van der Waals surface area contributed by atoms with Gasteiger partial charge in [0.2, 0.25) is 5.91 Å². The van der Waals surface area contributed by atoms with Crippen LogP contribution >= 0.6 is 0 Å². The SMILES string of the molecule is CCn1ncc(Cn2cc(NC(=O)Cn3cc([N+](=O)[O-])c(OC)n3)cn2)c1C. The van der Waals surface area contributed by atoms with Crippen LogP contribution in [0.1, 0.15) is 18.2 Å². The molecule has 3 rings (SSSR count). The second kappa shape index (κ2) is 7.90. The van der Waals surface area contributed by atoms with Gasteiger partial charge in [-0.25, -0.2) is 0 Å². The number of rotatable bonds is 8. The molecule has 12 heteroatoms. The van der Waals surface area contributed by atoms with Crippen molar-refractivity contribution in [3.8, 4) is 5.88 Å². The third-order valence-corrected chi connectivity index (χ3v) is 4.16. The van der Waals surface area contributed by atoms with E-state index in [0.717, 1.165) is 28.7 Å². The normalized spacial score (nSPS) is 10.8. The van der Waals surface area contributed by atoms with Gasteiger partial charge in [-0.15, -0.1) is 5.10 Å². The first-order chi connectivity index (χ1) is 13.4. The van der Waals surface area contributed by atoms with E-state index in [1.807, 2.05) is 18.5 Å². The Bertz CT molecular complexity index is 1000. The van der Waals surface area contributed by atoms with E-state index in [-0.39, 0.29) is 18.1 Å². The molecular weight excluding hydrogens is 368 g/mol. The largest absolute Gasteiger partial charge is 0.475 e. The van der Waals surface area contributed by atoms with Crippen LogP contribution in [0.3, 0.4) is 0 Å². The van der Waals surface area contributed by atoms with Gasteiger partial charge in [0.25, 0.3) is 0 Å². The van der Waals surface area contributed by atoms with Crippen molar-refractivity contribution in [2.45, 2.75) is 33.5 Å². The zero-order valence-electron chi connectivity index (χ0n) is 15.7. The molecule has 0 radical (unpaired) electrons. The van der Waals surface area contributed by atoms with Crippen molar-refractivity contribution >= 4 is 17.3 Å². The Labute approximate surface area is 159 Å². The zero-order chi connectivity index (χ0) is 20.3. The van der Waals surface area contributed by atoms with Gasteiger partial charge in [0.15, 0.2) is 0 Å². The number of hydrogen-bond donors (Lipinski definition) is 1. The lowest BCUT2D eigenvalue weighted by atomic mass is 10.2. The van der Waals surface area contributed by atoms with Crippen molar-refractivity contribution in [2.75, 3.05) is 12.4 Å². The molecule has 0 saturated carbocycles. The van der Waals surface area contributed by atoms with Crippen molar-refractivity contribution in [3.63, 3.8) is 0 Å². The number of aryl methyl sites for hydroxylation is 1. The number of methoxy groups -OCH3 is 1. The van der Waals surface area contributed by atoms with Gasteiger partial charge in [-0.3, -0.25) is 29.0 Å². The number of anilines is 1. The molecule has 0 aliphatic heterocycles. The van der Waals surface area contributed by atoms with Crippen LogP contribution in [0, 0.1) is 17.0 Å². The monoisotopic (exact) mass is 388 g/mol. The van der Waals surface area contributed by atoms with E-state index >= 15 is 0 Å². The van der Waals surface area contributed by atoms with E-state index in [1.165, 1.54) is 13.3 Å². The van der Waals surface area contributed by atoms with E-state index in [0.29, 0.717) is 12.2 Å². The molecule has 0 spiro atoms. The molecule has 148 valence electrons. The Balaban J connectivity index is 1.62. The van der Waals surface area contributed by atoms with Gasteiger partial charge < -0.3 is 10.1 Å². The van der Waals surface area contributed by atoms with E-state index in [4.69, 9.17) is 4.74 Å². The molecule has 0 aromatic carbocycles. The molecular formula is C16H20N8O4. The fraction of sp³-hybridized carbons (Fsp3) is 0.375. The van der Waals surface area contributed by atoms with Crippen LogP contribution in [0.2, 0.25) is 0 Å². The van der Waals surface area contributed by atoms with Crippen LogP contribution in [0.5, 0.6) is 5.88 Å². The molecule has 0 saturated heterocycles. The van der Waals surface area contributed by atoms with Crippen LogP contribution in [0.25, 0.3) is 0 Å². The lowest BCUT2D eigenvalue weighted by Gasteiger charge is -2.03. The number of ether oxygens (including phenoxy) is 1. The zero-order valence-corrected chi connectivity index (χ0v) is 15.7. The predicted octanol–water partition coefficient (Wildman–Crippen LogP) is 1.21. The summed E-state index contributed by atoms with van der Waals surface area (Å²) < 4.78 is 9.59. The average molecular weight is 388 g/mol. The summed E-state index contributed by atoms with van der Waals surface area (Å²) in [6.07, 6.45) is 6.18. The predicted molar refractivity (Wildman–Crippen MR) is 98.0 cm³/mol. The summed E-state index contributed by atoms with van der Waals surface area (Å²) in [5.74, 6) is -0.539. The molecule has 3 aromatic heterocycles. The molecule has 0 aliphatic carbocycles. The lowest BCUT2D eigenvalue weighted by molar-refractivity contribution is -0.385. The first kappa shape index (κ1) is 19.1. The fourth-order valence-electron chi connectivity index (χ4n) is 2.74. The van der Waals surface area contributed by atoms with Gasteiger partial charge >= 0.3 is 11.6 Å². The third-order valence-electron chi connectivity index (χ3n) is 4.16. The summed E-state index contributed by atoms with van der Waals surface area (Å²) in [5, 5.41) is 26.0. The standard InChI is InChI=1S/C16H20N8O4/c1-4-23-11(2)12(5-18-23)7-21-8-13(6-17-21)19-15(25)10-22-9-14(24(26)27)16(20-22)28-3/h5-6,8-9H,4,7,10H2,1-3H3,(H,19,25). The number of carbonyl (C=O) groups excluding carboxylic acids is 1. The number of nitrogens with one attached hydrogen (secondary N) is 1. The van der Waals surface area contributed by atoms with Gasteiger partial charge in [-0.1, -0.05) is 0 Å². The minimum atomic E-state index is -0.618. The van der Waals surface area contributed by atoms with Gasteiger partial charge in [-0.2, -0.15) is 10.2 Å². The van der Waals surface area contributed by atoms with Gasteiger partial charge in [0, 0.05) is 24.0 Å². The van der Waals surface area contributed by atoms with Gasteiger partial charge in [-0.05, 0) is 13.8 Å². The highest BCUT2D eigenvalue weighted by atomic mass is 16.6. The molecule has 0 fully saturated rings. The maximum absolute atomic E-state index is 12.2. The summed E-state index contributed by atoms with van der Waals surface area (Å²) in [5.41, 5.74) is 2.32. The quantitative estimate of drug-likeness (QED) is 0.452. The van der Waals surface area contributed by atoms with Crippen molar-refractivity contribution in [2.24, 2.45) is 0 Å². The maximum atomic E-state index is 12.2. The number of carbonyl (C=O) groups is 1. The third kappa shape index (κ3) is 4.00. The summed E-state index contributed by atoms with van der Waals surface area (Å²) in [7, 11) is 1.28. The molecule has 3 heterocycles. The van der Waals surface area contributed by atoms with Crippen molar-refractivity contribution in [1.82, 2.24) is 29.3 Å². The molecule has 0 aliphatic rings.